The van der Waals surface area contributed by atoms with Crippen molar-refractivity contribution < 1.29 is 19.0 Å². The summed E-state index contributed by atoms with van der Waals surface area (Å²) < 4.78 is 15.9. The fraction of sp³-hybridized carbons (Fsp3) is 0.174. The third-order valence-corrected chi connectivity index (χ3v) is 4.79. The average molecular weight is 440 g/mol. The molecule has 0 atom stereocenters. The molecule has 160 valence electrons. The van der Waals surface area contributed by atoms with Crippen LogP contribution < -0.4 is 19.6 Å². The highest BCUT2D eigenvalue weighted by Crippen LogP contribution is 2.37. The summed E-state index contributed by atoms with van der Waals surface area (Å²) in [4.78, 5) is 17.1. The van der Waals surface area contributed by atoms with Crippen LogP contribution in [-0.2, 0) is 0 Å². The second-order valence-electron chi connectivity index (χ2n) is 6.49. The quantitative estimate of drug-likeness (QED) is 0.433. The Hall–Kier alpha value is -3.58. The van der Waals surface area contributed by atoms with E-state index in [0.29, 0.717) is 39.1 Å². The summed E-state index contributed by atoms with van der Waals surface area (Å²) in [6.45, 7) is 1.78. The van der Waals surface area contributed by atoms with Crippen LogP contribution >= 0.6 is 11.6 Å². The number of hydrazone groups is 1. The smallest absolute Gasteiger partial charge is 0.273 e. The van der Waals surface area contributed by atoms with Gasteiger partial charge in [0.05, 0.1) is 44.5 Å². The van der Waals surface area contributed by atoms with E-state index in [4.69, 9.17) is 25.8 Å². The minimum Gasteiger partial charge on any atom is -0.493 e. The number of carbonyl (C=O) groups excluding carboxylic acids is 1. The molecular formula is C23H22ClN3O4. The van der Waals surface area contributed by atoms with Gasteiger partial charge in [-0.05, 0) is 43.3 Å². The van der Waals surface area contributed by atoms with E-state index >= 15 is 0 Å². The molecule has 31 heavy (non-hydrogen) atoms. The second kappa shape index (κ2) is 9.95. The van der Waals surface area contributed by atoms with E-state index in [0.717, 1.165) is 11.3 Å². The zero-order chi connectivity index (χ0) is 22.4. The summed E-state index contributed by atoms with van der Waals surface area (Å²) >= 11 is 5.93. The van der Waals surface area contributed by atoms with E-state index < -0.39 is 0 Å². The third-order valence-electron chi connectivity index (χ3n) is 4.54. The second-order valence-corrected chi connectivity index (χ2v) is 6.93. The standard InChI is InChI=1S/C23H22ClN3O4/c1-14-18(9-10-19(26-14)16-5-7-17(24)8-6-16)23(28)27-25-13-15-11-20(29-2)22(31-4)21(12-15)30-3/h5-13H,1-4H3,(H,27,28)/b25-13+. The van der Waals surface area contributed by atoms with Crippen LogP contribution in [-0.4, -0.2) is 38.4 Å². The van der Waals surface area contributed by atoms with Gasteiger partial charge >= 0.3 is 0 Å². The molecule has 2 aromatic carbocycles. The summed E-state index contributed by atoms with van der Waals surface area (Å²) in [6, 6.07) is 14.3. The first-order valence-electron chi connectivity index (χ1n) is 9.33. The summed E-state index contributed by atoms with van der Waals surface area (Å²) in [5.41, 5.74) is 5.88. The Morgan fingerprint density at radius 1 is 1.00 bits per heavy atom. The van der Waals surface area contributed by atoms with Crippen LogP contribution in [0.15, 0.2) is 53.6 Å². The highest BCUT2D eigenvalue weighted by molar-refractivity contribution is 6.30. The van der Waals surface area contributed by atoms with Gasteiger partial charge in [0.1, 0.15) is 0 Å². The first-order valence-corrected chi connectivity index (χ1v) is 9.71. The molecule has 1 heterocycles. The van der Waals surface area contributed by atoms with Crippen molar-refractivity contribution in [2.45, 2.75) is 6.92 Å². The number of nitrogens with one attached hydrogen (secondary N) is 1. The molecule has 3 aromatic rings. The lowest BCUT2D eigenvalue weighted by atomic mass is 10.1. The molecule has 3 rings (SSSR count). The largest absolute Gasteiger partial charge is 0.493 e. The van der Waals surface area contributed by atoms with Gasteiger partial charge in [0, 0.05) is 16.1 Å². The Labute approximate surface area is 185 Å². The number of nitrogens with zero attached hydrogens (tertiary/aromatic N) is 2. The van der Waals surface area contributed by atoms with E-state index in [2.05, 4.69) is 15.5 Å². The van der Waals surface area contributed by atoms with Crippen LogP contribution in [0, 0.1) is 6.92 Å². The Bertz CT molecular complexity index is 1090. The highest BCUT2D eigenvalue weighted by atomic mass is 35.5. The average Bonchev–Trinajstić information content (AvgIpc) is 2.78. The molecule has 0 aliphatic heterocycles. The Balaban J connectivity index is 1.75. The van der Waals surface area contributed by atoms with Gasteiger partial charge in [-0.2, -0.15) is 5.10 Å². The molecule has 8 heteroatoms. The molecule has 0 bridgehead atoms. The van der Waals surface area contributed by atoms with Crippen molar-refractivity contribution in [1.82, 2.24) is 10.4 Å². The Kier molecular flexibility index (Phi) is 7.10. The highest BCUT2D eigenvalue weighted by Gasteiger charge is 2.13. The fourth-order valence-corrected chi connectivity index (χ4v) is 3.11. The van der Waals surface area contributed by atoms with Crippen LogP contribution in [0.3, 0.4) is 0 Å². The number of halogens is 1. The maximum Gasteiger partial charge on any atom is 0.273 e. The summed E-state index contributed by atoms with van der Waals surface area (Å²) in [7, 11) is 4.59. The van der Waals surface area contributed by atoms with Crippen molar-refractivity contribution in [3.63, 3.8) is 0 Å². The number of hydrogen-bond donors (Lipinski definition) is 1. The van der Waals surface area contributed by atoms with Gasteiger partial charge in [-0.1, -0.05) is 23.7 Å². The molecule has 0 unspecified atom stereocenters. The first-order chi connectivity index (χ1) is 15.0. The van der Waals surface area contributed by atoms with Gasteiger partial charge in [-0.15, -0.1) is 0 Å². The Morgan fingerprint density at radius 2 is 1.65 bits per heavy atom. The maximum atomic E-state index is 12.5. The van der Waals surface area contributed by atoms with Gasteiger partial charge in [0.15, 0.2) is 11.5 Å². The van der Waals surface area contributed by atoms with Crippen molar-refractivity contribution in [2.75, 3.05) is 21.3 Å². The SMILES string of the molecule is COc1cc(/C=N/NC(=O)c2ccc(-c3ccc(Cl)cc3)nc2C)cc(OC)c1OC. The third kappa shape index (κ3) is 5.13. The van der Waals surface area contributed by atoms with Crippen molar-refractivity contribution in [3.05, 3.63) is 70.4 Å². The first kappa shape index (κ1) is 22.1. The zero-order valence-corrected chi connectivity index (χ0v) is 18.4. The molecule has 0 saturated carbocycles. The number of rotatable bonds is 7. The number of methoxy groups -OCH3 is 3. The van der Waals surface area contributed by atoms with Gasteiger partial charge in [0.2, 0.25) is 5.75 Å². The number of hydrogen-bond acceptors (Lipinski definition) is 6. The number of ether oxygens (including phenoxy) is 3. The molecule has 0 aliphatic rings. The normalized spacial score (nSPS) is 10.7. The number of aromatic nitrogens is 1. The molecule has 7 nitrogen and oxygen atoms in total. The predicted octanol–water partition coefficient (Wildman–Crippen LogP) is 4.50. The molecule has 0 radical (unpaired) electrons. The van der Waals surface area contributed by atoms with Crippen molar-refractivity contribution in [2.24, 2.45) is 5.10 Å². The lowest BCUT2D eigenvalue weighted by Crippen LogP contribution is -2.19. The van der Waals surface area contributed by atoms with E-state index in [1.165, 1.54) is 27.5 Å². The van der Waals surface area contributed by atoms with Gasteiger partial charge in [0.25, 0.3) is 5.91 Å². The monoisotopic (exact) mass is 439 g/mol. The van der Waals surface area contributed by atoms with Crippen LogP contribution in [0.1, 0.15) is 21.6 Å². The molecule has 0 spiro atoms. The lowest BCUT2D eigenvalue weighted by Gasteiger charge is -2.12. The number of pyridine rings is 1. The maximum absolute atomic E-state index is 12.5. The van der Waals surface area contributed by atoms with Crippen LogP contribution in [0.2, 0.25) is 5.02 Å². The summed E-state index contributed by atoms with van der Waals surface area (Å²) in [5, 5.41) is 4.69. The molecule has 0 aliphatic carbocycles. The summed E-state index contributed by atoms with van der Waals surface area (Å²) in [6.07, 6.45) is 1.49. The van der Waals surface area contributed by atoms with Gasteiger partial charge in [-0.25, -0.2) is 5.43 Å². The van der Waals surface area contributed by atoms with Crippen LogP contribution in [0.4, 0.5) is 0 Å². The van der Waals surface area contributed by atoms with Crippen molar-refractivity contribution in [1.29, 1.82) is 0 Å². The zero-order valence-electron chi connectivity index (χ0n) is 17.6. The molecule has 1 amide bonds. The van der Waals surface area contributed by atoms with Crippen molar-refractivity contribution >= 4 is 23.7 Å². The number of benzene rings is 2. The predicted molar refractivity (Wildman–Crippen MR) is 121 cm³/mol. The number of amides is 1. The van der Waals surface area contributed by atoms with E-state index in [9.17, 15) is 4.79 Å². The van der Waals surface area contributed by atoms with Gasteiger partial charge < -0.3 is 14.2 Å². The number of carbonyl (C=O) groups is 1. The van der Waals surface area contributed by atoms with Crippen LogP contribution in [0.25, 0.3) is 11.3 Å². The lowest BCUT2D eigenvalue weighted by molar-refractivity contribution is 0.0954. The van der Waals surface area contributed by atoms with Gasteiger partial charge in [-0.3, -0.25) is 9.78 Å². The Morgan fingerprint density at radius 3 is 2.19 bits per heavy atom. The van der Waals surface area contributed by atoms with E-state index in [1.807, 2.05) is 12.1 Å². The topological polar surface area (TPSA) is 82.0 Å². The molecule has 1 N–H and O–H groups in total. The van der Waals surface area contributed by atoms with E-state index in [1.54, 1.807) is 43.3 Å². The fourth-order valence-electron chi connectivity index (χ4n) is 2.98. The van der Waals surface area contributed by atoms with Crippen LogP contribution in [0.5, 0.6) is 17.2 Å². The molecule has 0 saturated heterocycles. The molecule has 0 fully saturated rings. The molecule has 1 aromatic heterocycles. The minimum absolute atomic E-state index is 0.364. The molecular weight excluding hydrogens is 418 g/mol. The van der Waals surface area contributed by atoms with Crippen molar-refractivity contribution in [3.8, 4) is 28.5 Å². The summed E-state index contributed by atoms with van der Waals surface area (Å²) in [5.74, 6) is 1.10. The number of aryl methyl sites for hydroxylation is 1. The minimum atomic E-state index is -0.364. The van der Waals surface area contributed by atoms with E-state index in [-0.39, 0.29) is 5.91 Å².